The van der Waals surface area contributed by atoms with Crippen molar-refractivity contribution >= 4 is 10.0 Å². The van der Waals surface area contributed by atoms with Gasteiger partial charge in [-0.3, -0.25) is 0 Å². The van der Waals surface area contributed by atoms with Gasteiger partial charge in [0.2, 0.25) is 10.0 Å². The van der Waals surface area contributed by atoms with Gasteiger partial charge < -0.3 is 9.30 Å². The molecule has 140 valence electrons. The van der Waals surface area contributed by atoms with Crippen LogP contribution in [0.2, 0.25) is 0 Å². The number of aromatic nitrogens is 2. The van der Waals surface area contributed by atoms with Crippen molar-refractivity contribution in [3.05, 3.63) is 85.0 Å². The molecule has 0 bridgehead atoms. The third-order valence-electron chi connectivity index (χ3n) is 3.87. The Hall–Kier alpha value is -2.90. The van der Waals surface area contributed by atoms with E-state index in [1.165, 1.54) is 0 Å². The molecule has 0 aliphatic carbocycles. The molecular weight excluding hydrogens is 362 g/mol. The molecule has 2 aromatic carbocycles. The fourth-order valence-electron chi connectivity index (χ4n) is 2.38. The number of nitrogens with zero attached hydrogens (tertiary/aromatic N) is 2. The van der Waals surface area contributed by atoms with Crippen LogP contribution in [0, 0.1) is 6.92 Å². The van der Waals surface area contributed by atoms with E-state index in [0.717, 1.165) is 17.0 Å². The van der Waals surface area contributed by atoms with Crippen molar-refractivity contribution in [1.82, 2.24) is 14.3 Å². The predicted molar refractivity (Wildman–Crippen MR) is 105 cm³/mol. The fourth-order valence-corrected chi connectivity index (χ4v) is 3.36. The number of imidazole rings is 1. The van der Waals surface area contributed by atoms with Crippen molar-refractivity contribution in [3.63, 3.8) is 0 Å². The molecule has 0 aliphatic heterocycles. The highest BCUT2D eigenvalue weighted by Gasteiger charge is 2.11. The molecule has 0 saturated carbocycles. The number of ether oxygens (including phenoxy) is 1. The molecule has 0 unspecified atom stereocenters. The molecule has 0 radical (unpaired) electrons. The molecule has 0 fully saturated rings. The summed E-state index contributed by atoms with van der Waals surface area (Å²) in [4.78, 5) is 4.27. The van der Waals surface area contributed by atoms with Crippen LogP contribution >= 0.6 is 0 Å². The highest BCUT2D eigenvalue weighted by molar-refractivity contribution is 7.89. The molecule has 0 atom stereocenters. The van der Waals surface area contributed by atoms with Crippen molar-refractivity contribution in [1.29, 1.82) is 0 Å². The molecular formula is C20H21N3O3S. The fraction of sp³-hybridized carbons (Fsp3) is 0.150. The first kappa shape index (κ1) is 18.9. The number of rotatable bonds is 8. The van der Waals surface area contributed by atoms with E-state index in [1.54, 1.807) is 48.9 Å². The van der Waals surface area contributed by atoms with Crippen molar-refractivity contribution in [2.24, 2.45) is 0 Å². The Bertz CT molecular complexity index is 978. The summed E-state index contributed by atoms with van der Waals surface area (Å²) in [6.45, 7) is 2.48. The summed E-state index contributed by atoms with van der Waals surface area (Å²) >= 11 is 0. The summed E-state index contributed by atoms with van der Waals surface area (Å²) in [6, 6.07) is 14.4. The quantitative estimate of drug-likeness (QED) is 0.607. The van der Waals surface area contributed by atoms with Gasteiger partial charge in [-0.25, -0.2) is 18.1 Å². The molecule has 7 heteroatoms. The lowest BCUT2D eigenvalue weighted by Crippen LogP contribution is -2.23. The van der Waals surface area contributed by atoms with E-state index < -0.39 is 10.0 Å². The SMILES string of the molecule is Cc1ccc(S(=O)(=O)NCC=CCOc2ccc(-n3ccnc3)cc2)cc1. The third kappa shape index (κ3) is 5.29. The summed E-state index contributed by atoms with van der Waals surface area (Å²) in [5, 5.41) is 0. The Labute approximate surface area is 159 Å². The molecule has 3 aromatic rings. The lowest BCUT2D eigenvalue weighted by atomic mass is 10.2. The number of hydrogen-bond acceptors (Lipinski definition) is 4. The second-order valence-corrected chi connectivity index (χ2v) is 7.68. The number of sulfonamides is 1. The Morgan fingerprint density at radius 2 is 1.81 bits per heavy atom. The monoisotopic (exact) mass is 383 g/mol. The highest BCUT2D eigenvalue weighted by atomic mass is 32.2. The van der Waals surface area contributed by atoms with E-state index in [4.69, 9.17) is 4.74 Å². The van der Waals surface area contributed by atoms with Crippen molar-refractivity contribution in [2.45, 2.75) is 11.8 Å². The van der Waals surface area contributed by atoms with E-state index in [2.05, 4.69) is 9.71 Å². The lowest BCUT2D eigenvalue weighted by molar-refractivity contribution is 0.362. The van der Waals surface area contributed by atoms with Crippen molar-refractivity contribution in [3.8, 4) is 11.4 Å². The molecule has 0 saturated heterocycles. The van der Waals surface area contributed by atoms with E-state index in [-0.39, 0.29) is 11.4 Å². The standard InChI is InChI=1S/C20H21N3O3S/c1-17-4-10-20(11-5-17)27(24,25)22-12-2-3-15-26-19-8-6-18(7-9-19)23-14-13-21-16-23/h2-11,13-14,16,22H,12,15H2,1H3. The minimum atomic E-state index is -3.49. The van der Waals surface area contributed by atoms with Gasteiger partial charge in [-0.2, -0.15) is 0 Å². The van der Waals surface area contributed by atoms with Gasteiger partial charge in [0.25, 0.3) is 0 Å². The Morgan fingerprint density at radius 1 is 1.07 bits per heavy atom. The number of aryl methyl sites for hydroxylation is 1. The van der Waals surface area contributed by atoms with Crippen LogP contribution in [-0.4, -0.2) is 31.1 Å². The van der Waals surface area contributed by atoms with Crippen LogP contribution in [0.15, 0.2) is 84.3 Å². The summed E-state index contributed by atoms with van der Waals surface area (Å²) in [5.41, 5.74) is 2.02. The zero-order valence-electron chi connectivity index (χ0n) is 14.9. The maximum atomic E-state index is 12.1. The van der Waals surface area contributed by atoms with E-state index in [1.807, 2.05) is 42.0 Å². The Balaban J connectivity index is 1.44. The van der Waals surface area contributed by atoms with Crippen LogP contribution in [0.25, 0.3) is 5.69 Å². The first-order valence-corrected chi connectivity index (χ1v) is 9.95. The summed E-state index contributed by atoms with van der Waals surface area (Å²) < 4.78 is 34.4. The normalized spacial score (nSPS) is 11.7. The number of benzene rings is 2. The largest absolute Gasteiger partial charge is 0.490 e. The van der Waals surface area contributed by atoms with Crippen LogP contribution in [0.4, 0.5) is 0 Å². The number of nitrogens with one attached hydrogen (secondary N) is 1. The molecule has 6 nitrogen and oxygen atoms in total. The molecule has 0 aliphatic rings. The lowest BCUT2D eigenvalue weighted by Gasteiger charge is -2.06. The van der Waals surface area contributed by atoms with Gasteiger partial charge in [-0.05, 0) is 43.3 Å². The van der Waals surface area contributed by atoms with Crippen molar-refractivity contribution in [2.75, 3.05) is 13.2 Å². The van der Waals surface area contributed by atoms with E-state index in [9.17, 15) is 8.42 Å². The van der Waals surface area contributed by atoms with E-state index in [0.29, 0.717) is 6.61 Å². The highest BCUT2D eigenvalue weighted by Crippen LogP contribution is 2.15. The molecule has 1 N–H and O–H groups in total. The first-order chi connectivity index (χ1) is 13.0. The van der Waals surface area contributed by atoms with E-state index >= 15 is 0 Å². The third-order valence-corrected chi connectivity index (χ3v) is 5.31. The molecule has 0 amide bonds. The maximum absolute atomic E-state index is 12.1. The number of hydrogen-bond donors (Lipinski definition) is 1. The zero-order chi connectivity index (χ0) is 19.1. The van der Waals surface area contributed by atoms with Gasteiger partial charge >= 0.3 is 0 Å². The Morgan fingerprint density at radius 3 is 2.48 bits per heavy atom. The van der Waals surface area contributed by atoms with Gasteiger partial charge in [-0.15, -0.1) is 0 Å². The smallest absolute Gasteiger partial charge is 0.240 e. The summed E-state index contributed by atoms with van der Waals surface area (Å²) in [6.07, 6.45) is 8.84. The van der Waals surface area contributed by atoms with Crippen LogP contribution in [0.3, 0.4) is 0 Å². The van der Waals surface area contributed by atoms with Gasteiger partial charge in [0, 0.05) is 24.6 Å². The van der Waals surface area contributed by atoms with Gasteiger partial charge in [-0.1, -0.05) is 29.8 Å². The molecule has 27 heavy (non-hydrogen) atoms. The first-order valence-electron chi connectivity index (χ1n) is 8.47. The van der Waals surface area contributed by atoms with Gasteiger partial charge in [0.1, 0.15) is 12.4 Å². The average Bonchev–Trinajstić information content (AvgIpc) is 3.20. The minimum absolute atomic E-state index is 0.207. The van der Waals surface area contributed by atoms with Gasteiger partial charge in [0.15, 0.2) is 0 Å². The molecule has 0 spiro atoms. The van der Waals surface area contributed by atoms with Crippen LogP contribution < -0.4 is 9.46 Å². The average molecular weight is 383 g/mol. The summed E-state index contributed by atoms with van der Waals surface area (Å²) in [5.74, 6) is 0.740. The molecule has 1 aromatic heterocycles. The van der Waals surface area contributed by atoms with Crippen LogP contribution in [0.5, 0.6) is 5.75 Å². The molecule has 1 heterocycles. The van der Waals surface area contributed by atoms with Gasteiger partial charge in [0.05, 0.1) is 11.2 Å². The Kier molecular flexibility index (Phi) is 6.05. The summed E-state index contributed by atoms with van der Waals surface area (Å²) in [7, 11) is -3.49. The van der Waals surface area contributed by atoms with Crippen molar-refractivity contribution < 1.29 is 13.2 Å². The maximum Gasteiger partial charge on any atom is 0.240 e. The second kappa shape index (κ2) is 8.66. The predicted octanol–water partition coefficient (Wildman–Crippen LogP) is 3.09. The van der Waals surface area contributed by atoms with Crippen LogP contribution in [0.1, 0.15) is 5.56 Å². The molecule has 3 rings (SSSR count). The topological polar surface area (TPSA) is 73.2 Å². The zero-order valence-corrected chi connectivity index (χ0v) is 15.8. The minimum Gasteiger partial charge on any atom is -0.490 e. The second-order valence-electron chi connectivity index (χ2n) is 5.91. The van der Waals surface area contributed by atoms with Crippen LogP contribution in [-0.2, 0) is 10.0 Å².